The van der Waals surface area contributed by atoms with E-state index in [1.807, 2.05) is 43.3 Å². The molecule has 2 aromatic carbocycles. The van der Waals surface area contributed by atoms with E-state index in [1.165, 1.54) is 9.36 Å². The maximum Gasteiger partial charge on any atom is 0.352 e. The van der Waals surface area contributed by atoms with Gasteiger partial charge in [-0.25, -0.2) is 23.5 Å². The minimum atomic E-state index is -0.821. The summed E-state index contributed by atoms with van der Waals surface area (Å²) in [5, 5.41) is 21.1. The molecule has 30 heavy (non-hydrogen) atoms. The second-order valence-electron chi connectivity index (χ2n) is 7.61. The molecule has 0 fully saturated rings. The second-order valence-corrected chi connectivity index (χ2v) is 7.61. The molecule has 2 N–H and O–H groups in total. The standard InChI is InChI=1S/C23H25N3O4/c1-16-14-24-22(29)25(18-10-6-3-7-11-18)23(30)26(24)19(15-27)21(16)20(28)13-12-17-8-4-2-5-9-17/h2-11,19-20,27-28H,12-15H2,1H3/t19-,20+/m0/s1. The lowest BCUT2D eigenvalue weighted by Gasteiger charge is -2.31. The van der Waals surface area contributed by atoms with Crippen LogP contribution in [0.25, 0.3) is 5.69 Å². The summed E-state index contributed by atoms with van der Waals surface area (Å²) in [6, 6.07) is 17.8. The first-order chi connectivity index (χ1) is 14.5. The number of fused-ring (bicyclic) bond motifs is 1. The highest BCUT2D eigenvalue weighted by Gasteiger charge is 2.33. The maximum atomic E-state index is 13.1. The third-order valence-corrected chi connectivity index (χ3v) is 5.69. The summed E-state index contributed by atoms with van der Waals surface area (Å²) in [6.45, 7) is 1.65. The van der Waals surface area contributed by atoms with Gasteiger partial charge in [0.1, 0.15) is 6.04 Å². The number of aromatic nitrogens is 3. The predicted octanol–water partition coefficient (Wildman–Crippen LogP) is 1.66. The molecule has 1 aliphatic heterocycles. The van der Waals surface area contributed by atoms with Gasteiger partial charge < -0.3 is 10.2 Å². The Morgan fingerprint density at radius 2 is 1.63 bits per heavy atom. The summed E-state index contributed by atoms with van der Waals surface area (Å²) in [4.78, 5) is 26.1. The van der Waals surface area contributed by atoms with Crippen molar-refractivity contribution in [1.82, 2.24) is 13.9 Å². The molecule has 0 amide bonds. The van der Waals surface area contributed by atoms with E-state index >= 15 is 0 Å². The van der Waals surface area contributed by atoms with Crippen LogP contribution < -0.4 is 11.4 Å². The van der Waals surface area contributed by atoms with Crippen molar-refractivity contribution in [3.63, 3.8) is 0 Å². The van der Waals surface area contributed by atoms with Gasteiger partial charge >= 0.3 is 11.4 Å². The largest absolute Gasteiger partial charge is 0.394 e. The van der Waals surface area contributed by atoms with Crippen molar-refractivity contribution in [3.8, 4) is 5.69 Å². The third kappa shape index (κ3) is 3.46. The maximum absolute atomic E-state index is 13.1. The fraction of sp³-hybridized carbons (Fsp3) is 0.304. The third-order valence-electron chi connectivity index (χ3n) is 5.69. The zero-order chi connectivity index (χ0) is 21.3. The van der Waals surface area contributed by atoms with Crippen LogP contribution in [-0.2, 0) is 13.0 Å². The highest BCUT2D eigenvalue weighted by atomic mass is 16.3. The fourth-order valence-corrected chi connectivity index (χ4v) is 4.26. The number of benzene rings is 2. The van der Waals surface area contributed by atoms with Crippen LogP contribution in [0.3, 0.4) is 0 Å². The molecule has 0 saturated heterocycles. The van der Waals surface area contributed by atoms with Crippen LogP contribution in [0.15, 0.2) is 81.4 Å². The Hall–Kier alpha value is -3.16. The smallest absolute Gasteiger partial charge is 0.352 e. The first kappa shape index (κ1) is 20.1. The van der Waals surface area contributed by atoms with Crippen molar-refractivity contribution in [3.05, 3.63) is 98.3 Å². The lowest BCUT2D eigenvalue weighted by Crippen LogP contribution is -2.40. The predicted molar refractivity (Wildman–Crippen MR) is 114 cm³/mol. The Morgan fingerprint density at radius 1 is 1.00 bits per heavy atom. The molecule has 2 heterocycles. The Bertz CT molecular complexity index is 1170. The van der Waals surface area contributed by atoms with Crippen LogP contribution in [0, 0.1) is 0 Å². The van der Waals surface area contributed by atoms with Gasteiger partial charge in [-0.15, -0.1) is 0 Å². The van der Waals surface area contributed by atoms with Crippen molar-refractivity contribution in [1.29, 1.82) is 0 Å². The summed E-state index contributed by atoms with van der Waals surface area (Å²) >= 11 is 0. The van der Waals surface area contributed by atoms with Crippen LogP contribution in [0.2, 0.25) is 0 Å². The SMILES string of the molecule is CC1=C([C@H](O)CCc2ccccc2)[C@H](CO)n2c(=O)n(-c3ccccc3)c(=O)n2C1. The monoisotopic (exact) mass is 407 g/mol. The molecular weight excluding hydrogens is 382 g/mol. The number of rotatable bonds is 6. The zero-order valence-corrected chi connectivity index (χ0v) is 16.8. The molecule has 7 nitrogen and oxygen atoms in total. The Morgan fingerprint density at radius 3 is 2.27 bits per heavy atom. The molecule has 156 valence electrons. The molecule has 0 radical (unpaired) electrons. The number of allylic oxidation sites excluding steroid dienone is 1. The number of aliphatic hydroxyl groups is 2. The van der Waals surface area contributed by atoms with Crippen molar-refractivity contribution in [2.24, 2.45) is 0 Å². The minimum Gasteiger partial charge on any atom is -0.394 e. The van der Waals surface area contributed by atoms with Gasteiger partial charge in [0.2, 0.25) is 0 Å². The molecule has 1 aromatic heterocycles. The zero-order valence-electron chi connectivity index (χ0n) is 16.8. The van der Waals surface area contributed by atoms with E-state index in [0.717, 1.165) is 15.7 Å². The topological polar surface area (TPSA) is 89.4 Å². The van der Waals surface area contributed by atoms with Gasteiger partial charge in [-0.2, -0.15) is 0 Å². The van der Waals surface area contributed by atoms with Gasteiger partial charge in [0, 0.05) is 0 Å². The van der Waals surface area contributed by atoms with Crippen molar-refractivity contribution in [2.75, 3.05) is 6.61 Å². The highest BCUT2D eigenvalue weighted by Crippen LogP contribution is 2.29. The average Bonchev–Trinajstić information content (AvgIpc) is 3.02. The Kier molecular flexibility index (Phi) is 5.57. The Labute approximate surface area is 173 Å². The van der Waals surface area contributed by atoms with Crippen LogP contribution >= 0.6 is 0 Å². The highest BCUT2D eigenvalue weighted by molar-refractivity contribution is 5.32. The summed E-state index contributed by atoms with van der Waals surface area (Å²) in [5.41, 5.74) is 2.01. The number of hydrogen-bond donors (Lipinski definition) is 2. The lowest BCUT2D eigenvalue weighted by molar-refractivity contribution is 0.146. The van der Waals surface area contributed by atoms with Gasteiger partial charge in [0.15, 0.2) is 0 Å². The van der Waals surface area contributed by atoms with E-state index in [2.05, 4.69) is 0 Å². The van der Waals surface area contributed by atoms with Crippen molar-refractivity contribution >= 4 is 0 Å². The van der Waals surface area contributed by atoms with Crippen molar-refractivity contribution < 1.29 is 10.2 Å². The van der Waals surface area contributed by atoms with Gasteiger partial charge in [-0.1, -0.05) is 48.5 Å². The van der Waals surface area contributed by atoms with Crippen LogP contribution in [0.4, 0.5) is 0 Å². The van der Waals surface area contributed by atoms with Crippen molar-refractivity contribution in [2.45, 2.75) is 38.5 Å². The number of hydrogen-bond acceptors (Lipinski definition) is 4. The molecule has 4 rings (SSSR count). The van der Waals surface area contributed by atoms with Gasteiger partial charge in [0.05, 0.1) is 24.9 Å². The quantitative estimate of drug-likeness (QED) is 0.608. The van der Waals surface area contributed by atoms with E-state index < -0.39 is 23.5 Å². The molecule has 3 aromatic rings. The molecule has 0 bridgehead atoms. The van der Waals surface area contributed by atoms with Gasteiger partial charge in [-0.05, 0) is 48.6 Å². The van der Waals surface area contributed by atoms with Crippen LogP contribution in [-0.4, -0.2) is 36.9 Å². The van der Waals surface area contributed by atoms with Gasteiger partial charge in [-0.3, -0.25) is 0 Å². The number of aliphatic hydroxyl groups excluding tert-OH is 2. The minimum absolute atomic E-state index is 0.197. The number of nitrogens with zero attached hydrogens (tertiary/aromatic N) is 3. The molecule has 7 heteroatoms. The summed E-state index contributed by atoms with van der Waals surface area (Å²) < 4.78 is 3.73. The van der Waals surface area contributed by atoms with Gasteiger partial charge in [0.25, 0.3) is 0 Å². The summed E-state index contributed by atoms with van der Waals surface area (Å²) in [6.07, 6.45) is 0.313. The molecule has 0 spiro atoms. The Balaban J connectivity index is 1.70. The normalized spacial score (nSPS) is 17.1. The van der Waals surface area contributed by atoms with E-state index in [0.29, 0.717) is 24.1 Å². The van der Waals surface area contributed by atoms with E-state index in [9.17, 15) is 19.8 Å². The average molecular weight is 407 g/mol. The first-order valence-electron chi connectivity index (χ1n) is 10.0. The number of aryl methyl sites for hydroxylation is 1. The van der Waals surface area contributed by atoms with Crippen LogP contribution in [0.1, 0.15) is 24.9 Å². The summed E-state index contributed by atoms with van der Waals surface area (Å²) in [7, 11) is 0. The number of para-hydroxylation sites is 1. The molecule has 0 saturated carbocycles. The summed E-state index contributed by atoms with van der Waals surface area (Å²) in [5.74, 6) is 0. The molecular formula is C23H25N3O4. The van der Waals surface area contributed by atoms with E-state index in [-0.39, 0.29) is 13.2 Å². The molecule has 2 atom stereocenters. The first-order valence-corrected chi connectivity index (χ1v) is 10.0. The molecule has 0 aliphatic carbocycles. The molecule has 0 unspecified atom stereocenters. The second kappa shape index (κ2) is 8.30. The molecule has 1 aliphatic rings. The van der Waals surface area contributed by atoms with E-state index in [1.54, 1.807) is 24.3 Å². The van der Waals surface area contributed by atoms with E-state index in [4.69, 9.17) is 0 Å². The van der Waals surface area contributed by atoms with Crippen LogP contribution in [0.5, 0.6) is 0 Å². The lowest BCUT2D eigenvalue weighted by atomic mass is 9.91. The fourth-order valence-electron chi connectivity index (χ4n) is 4.26.